The first-order valence-electron chi connectivity index (χ1n) is 9.58. The molecule has 3 aromatic carbocycles. The van der Waals surface area contributed by atoms with Crippen LogP contribution in [0, 0.1) is 18.3 Å². The molecule has 0 saturated carbocycles. The number of esters is 1. The number of hydrogen-bond donors (Lipinski definition) is 0. The van der Waals surface area contributed by atoms with Crippen molar-refractivity contribution < 1.29 is 22.7 Å². The second-order valence-corrected chi connectivity index (χ2v) is 8.85. The number of nitriles is 1. The van der Waals surface area contributed by atoms with Crippen molar-refractivity contribution in [3.63, 3.8) is 0 Å². The Morgan fingerprint density at radius 1 is 1.03 bits per heavy atom. The largest absolute Gasteiger partial charge is 0.465 e. The van der Waals surface area contributed by atoms with Crippen LogP contribution in [-0.4, -0.2) is 25.5 Å². The van der Waals surface area contributed by atoms with Crippen LogP contribution in [0.3, 0.4) is 0 Å². The van der Waals surface area contributed by atoms with Gasteiger partial charge in [0.05, 0.1) is 29.2 Å². The number of hydrogen-bond acceptors (Lipinski definition) is 6. The molecule has 160 valence electrons. The summed E-state index contributed by atoms with van der Waals surface area (Å²) in [5.41, 5.74) is 1.74. The molecule has 0 aliphatic carbocycles. The molecule has 8 heteroatoms. The van der Waals surface area contributed by atoms with Gasteiger partial charge in [0.2, 0.25) is 0 Å². The summed E-state index contributed by atoms with van der Waals surface area (Å²) >= 11 is 0. The van der Waals surface area contributed by atoms with Gasteiger partial charge < -0.3 is 9.47 Å². The van der Waals surface area contributed by atoms with E-state index >= 15 is 0 Å². The van der Waals surface area contributed by atoms with Crippen molar-refractivity contribution in [3.8, 4) is 17.6 Å². The third kappa shape index (κ3) is 3.70. The van der Waals surface area contributed by atoms with Crippen LogP contribution in [0.25, 0.3) is 10.9 Å². The van der Waals surface area contributed by atoms with E-state index in [1.54, 1.807) is 36.4 Å². The van der Waals surface area contributed by atoms with Gasteiger partial charge in [0.15, 0.2) is 0 Å². The molecule has 1 aromatic heterocycles. The van der Waals surface area contributed by atoms with E-state index < -0.39 is 16.0 Å². The molecule has 0 spiro atoms. The van der Waals surface area contributed by atoms with Gasteiger partial charge in [-0.15, -0.1) is 0 Å². The Hall–Kier alpha value is -4.09. The average molecular weight is 446 g/mol. The fourth-order valence-corrected chi connectivity index (χ4v) is 4.71. The number of aryl methyl sites for hydroxylation is 1. The molecule has 0 saturated heterocycles. The number of aromatic nitrogens is 1. The summed E-state index contributed by atoms with van der Waals surface area (Å²) in [4.78, 5) is 12.7. The molecule has 0 fully saturated rings. The molecule has 0 unspecified atom stereocenters. The lowest BCUT2D eigenvalue weighted by molar-refractivity contribution is 0.0600. The minimum atomic E-state index is -3.88. The van der Waals surface area contributed by atoms with Gasteiger partial charge in [-0.1, -0.05) is 23.8 Å². The minimum absolute atomic E-state index is 0.0882. The molecule has 0 amide bonds. The van der Waals surface area contributed by atoms with E-state index in [4.69, 9.17) is 14.7 Å². The smallest absolute Gasteiger partial charge is 0.342 e. The van der Waals surface area contributed by atoms with Crippen molar-refractivity contribution in [2.75, 3.05) is 7.11 Å². The summed E-state index contributed by atoms with van der Waals surface area (Å²) < 4.78 is 38.3. The number of carbonyl (C=O) groups is 1. The summed E-state index contributed by atoms with van der Waals surface area (Å²) in [5.74, 6) is -0.127. The lowest BCUT2D eigenvalue weighted by Gasteiger charge is -2.13. The summed E-state index contributed by atoms with van der Waals surface area (Å²) in [6.07, 6.45) is 1.40. The van der Waals surface area contributed by atoms with Crippen LogP contribution >= 0.6 is 0 Å². The Kier molecular flexibility index (Phi) is 5.43. The Balaban J connectivity index is 1.86. The van der Waals surface area contributed by atoms with Crippen molar-refractivity contribution >= 4 is 26.9 Å². The molecule has 32 heavy (non-hydrogen) atoms. The number of carbonyl (C=O) groups excluding carboxylic acids is 1. The first-order valence-corrected chi connectivity index (χ1v) is 11.0. The van der Waals surface area contributed by atoms with Gasteiger partial charge in [-0.05, 0) is 55.5 Å². The zero-order chi connectivity index (χ0) is 22.9. The number of methoxy groups -OCH3 is 1. The number of nitrogens with zero attached hydrogens (tertiary/aromatic N) is 2. The Bertz CT molecular complexity index is 1480. The zero-order valence-corrected chi connectivity index (χ0v) is 18.1. The van der Waals surface area contributed by atoms with E-state index in [2.05, 4.69) is 0 Å². The van der Waals surface area contributed by atoms with Crippen LogP contribution in [-0.2, 0) is 14.8 Å². The van der Waals surface area contributed by atoms with Crippen LogP contribution in [0.15, 0.2) is 77.8 Å². The number of rotatable bonds is 5. The molecule has 1 heterocycles. The molecular weight excluding hydrogens is 428 g/mol. The van der Waals surface area contributed by atoms with Gasteiger partial charge in [-0.2, -0.15) is 5.26 Å². The average Bonchev–Trinajstić information content (AvgIpc) is 3.24. The molecule has 0 aliphatic rings. The van der Waals surface area contributed by atoms with Crippen molar-refractivity contribution in [1.29, 1.82) is 5.26 Å². The molecule has 0 N–H and O–H groups in total. The summed E-state index contributed by atoms with van der Waals surface area (Å²) in [6.45, 7) is 1.87. The SMILES string of the molecule is COC(=O)c1c(Oc2cccc(C#N)c2)ccc2c1ccn2S(=O)(=O)c1ccc(C)cc1. The summed E-state index contributed by atoms with van der Waals surface area (Å²) in [6, 6.07) is 19.6. The zero-order valence-electron chi connectivity index (χ0n) is 17.3. The fourth-order valence-electron chi connectivity index (χ4n) is 3.36. The van der Waals surface area contributed by atoms with Crippen LogP contribution < -0.4 is 4.74 Å². The topological polar surface area (TPSA) is 98.4 Å². The van der Waals surface area contributed by atoms with Gasteiger partial charge in [-0.25, -0.2) is 17.2 Å². The molecule has 4 aromatic rings. The highest BCUT2D eigenvalue weighted by Crippen LogP contribution is 2.34. The first-order chi connectivity index (χ1) is 15.3. The van der Waals surface area contributed by atoms with E-state index in [0.29, 0.717) is 22.2 Å². The number of fused-ring (bicyclic) bond motifs is 1. The lowest BCUT2D eigenvalue weighted by Crippen LogP contribution is -2.12. The van der Waals surface area contributed by atoms with E-state index in [0.717, 1.165) is 9.54 Å². The van der Waals surface area contributed by atoms with Crippen molar-refractivity contribution in [2.45, 2.75) is 11.8 Å². The maximum absolute atomic E-state index is 13.2. The minimum Gasteiger partial charge on any atom is -0.465 e. The Labute approximate surface area is 185 Å². The fraction of sp³-hybridized carbons (Fsp3) is 0.0833. The number of ether oxygens (including phenoxy) is 2. The molecule has 7 nitrogen and oxygen atoms in total. The highest BCUT2D eigenvalue weighted by molar-refractivity contribution is 7.90. The molecule has 0 bridgehead atoms. The van der Waals surface area contributed by atoms with Crippen molar-refractivity contribution in [3.05, 3.63) is 89.6 Å². The molecular formula is C24H18N2O5S. The van der Waals surface area contributed by atoms with Crippen LogP contribution in [0.4, 0.5) is 0 Å². The van der Waals surface area contributed by atoms with Crippen LogP contribution in [0.1, 0.15) is 21.5 Å². The monoisotopic (exact) mass is 446 g/mol. The standard InChI is InChI=1S/C24H18N2O5S/c1-16-6-8-19(9-7-16)32(28,29)26-13-12-20-21(26)10-11-22(23(20)24(27)30-2)31-18-5-3-4-17(14-18)15-25/h3-14H,1-2H3. The molecule has 4 rings (SSSR count). The number of benzene rings is 3. The second-order valence-electron chi connectivity index (χ2n) is 7.03. The van der Waals surface area contributed by atoms with Crippen LogP contribution in [0.5, 0.6) is 11.5 Å². The summed E-state index contributed by atoms with van der Waals surface area (Å²) in [7, 11) is -2.64. The highest BCUT2D eigenvalue weighted by atomic mass is 32.2. The predicted molar refractivity (Wildman–Crippen MR) is 118 cm³/mol. The van der Waals surface area contributed by atoms with Crippen LogP contribution in [0.2, 0.25) is 0 Å². The van der Waals surface area contributed by atoms with Crippen molar-refractivity contribution in [1.82, 2.24) is 3.97 Å². The molecule has 0 aliphatic heterocycles. The Morgan fingerprint density at radius 2 is 1.78 bits per heavy atom. The van der Waals surface area contributed by atoms with Gasteiger partial charge in [0.25, 0.3) is 10.0 Å². The molecule has 0 atom stereocenters. The lowest BCUT2D eigenvalue weighted by atomic mass is 10.1. The Morgan fingerprint density at radius 3 is 2.47 bits per heavy atom. The van der Waals surface area contributed by atoms with Gasteiger partial charge in [-0.3, -0.25) is 0 Å². The maximum atomic E-state index is 13.2. The van der Waals surface area contributed by atoms with E-state index in [1.165, 1.54) is 43.6 Å². The second kappa shape index (κ2) is 8.21. The summed E-state index contributed by atoms with van der Waals surface area (Å²) in [5, 5.41) is 9.46. The third-order valence-electron chi connectivity index (χ3n) is 4.96. The van der Waals surface area contributed by atoms with Gasteiger partial charge in [0.1, 0.15) is 17.1 Å². The first kappa shape index (κ1) is 21.2. The van der Waals surface area contributed by atoms with Gasteiger partial charge in [0, 0.05) is 11.6 Å². The van der Waals surface area contributed by atoms with E-state index in [9.17, 15) is 13.2 Å². The third-order valence-corrected chi connectivity index (χ3v) is 6.66. The van der Waals surface area contributed by atoms with Crippen molar-refractivity contribution in [2.24, 2.45) is 0 Å². The molecule has 0 radical (unpaired) electrons. The van der Waals surface area contributed by atoms with E-state index in [1.807, 2.05) is 13.0 Å². The maximum Gasteiger partial charge on any atom is 0.342 e. The normalized spacial score (nSPS) is 11.2. The quantitative estimate of drug-likeness (QED) is 0.414. The highest BCUT2D eigenvalue weighted by Gasteiger charge is 2.24. The predicted octanol–water partition coefficient (Wildman–Crippen LogP) is 4.64. The van der Waals surface area contributed by atoms with E-state index in [-0.39, 0.29) is 16.2 Å². The van der Waals surface area contributed by atoms with Gasteiger partial charge >= 0.3 is 5.97 Å².